The Labute approximate surface area is 157 Å². The van der Waals surface area contributed by atoms with Crippen LogP contribution in [0, 0.1) is 81.5 Å². The van der Waals surface area contributed by atoms with Gasteiger partial charge in [-0.05, 0) is 82.8 Å². The normalized spacial score (nSPS) is 19.5. The largest absolute Gasteiger partial charge is 2.00 e. The maximum atomic E-state index is 11.8. The van der Waals surface area contributed by atoms with Gasteiger partial charge in [0.2, 0.25) is 0 Å². The molecule has 3 aliphatic rings. The van der Waals surface area contributed by atoms with Gasteiger partial charge in [-0.25, -0.2) is 0 Å². The van der Waals surface area contributed by atoms with Gasteiger partial charge in [-0.2, -0.15) is 0 Å². The molecule has 10 radical (unpaired) electrons. The molecule has 3 saturated carbocycles. The first-order valence-electron chi connectivity index (χ1n) is 7.87. The summed E-state index contributed by atoms with van der Waals surface area (Å²) in [4.78, 5) is 11.8. The number of carbonyl (C=O) groups excluding carboxylic acids is 1. The van der Waals surface area contributed by atoms with E-state index in [-0.39, 0.29) is 28.8 Å². The number of ketones is 1. The van der Waals surface area contributed by atoms with Gasteiger partial charge in [0.15, 0.2) is 5.78 Å². The topological polar surface area (TPSA) is 17.1 Å². The third-order valence-corrected chi connectivity index (χ3v) is 3.69. The maximum absolute atomic E-state index is 11.8. The van der Waals surface area contributed by atoms with Crippen molar-refractivity contribution >= 4 is 5.78 Å². The van der Waals surface area contributed by atoms with Gasteiger partial charge in [-0.15, -0.1) is 0 Å². The Balaban J connectivity index is 0.000000300. The number of Topliss-reactive ketones (excluding diaryl/α,β-unsaturated/α-hetero) is 1. The van der Waals surface area contributed by atoms with Gasteiger partial charge in [-0.3, -0.25) is 4.79 Å². The molecule has 2 heteroatoms. The minimum absolute atomic E-state index is 0. The fourth-order valence-electron chi connectivity index (χ4n) is 2.22. The van der Waals surface area contributed by atoms with Crippen molar-refractivity contribution in [3.05, 3.63) is 99.1 Å². The molecule has 0 aliphatic heterocycles. The third kappa shape index (κ3) is 6.12. The summed E-state index contributed by atoms with van der Waals surface area (Å²) in [5.74, 6) is 7.77. The zero-order valence-electron chi connectivity index (χ0n) is 13.3. The minimum Gasteiger partial charge on any atom is -0.294 e. The number of hydrogen-bond acceptors (Lipinski definition) is 1. The number of benzene rings is 1. The van der Waals surface area contributed by atoms with Crippen LogP contribution in [-0.2, 0) is 17.1 Å². The molecule has 0 heterocycles. The smallest absolute Gasteiger partial charge is 0.294 e. The number of carbonyl (C=O) groups is 1. The van der Waals surface area contributed by atoms with Gasteiger partial charge in [0, 0.05) is 17.0 Å². The van der Waals surface area contributed by atoms with Crippen molar-refractivity contribution < 1.29 is 21.9 Å². The predicted octanol–water partition coefficient (Wildman–Crippen LogP) is 4.06. The Kier molecular flexibility index (Phi) is 8.10. The van der Waals surface area contributed by atoms with Gasteiger partial charge >= 0.3 is 17.1 Å². The zero-order valence-corrected chi connectivity index (χ0v) is 14.4. The molecule has 118 valence electrons. The van der Waals surface area contributed by atoms with Crippen LogP contribution in [-0.4, -0.2) is 5.78 Å². The van der Waals surface area contributed by atoms with Crippen LogP contribution in [0.15, 0.2) is 24.3 Å². The minimum atomic E-state index is 0. The van der Waals surface area contributed by atoms with Crippen molar-refractivity contribution in [2.75, 3.05) is 0 Å². The van der Waals surface area contributed by atoms with E-state index in [4.69, 9.17) is 0 Å². The fraction of sp³-hybridized carbons (Fsp3) is 0.136. The second-order valence-electron chi connectivity index (χ2n) is 5.60. The number of hydrogen-bond donors (Lipinski definition) is 0. The molecule has 0 atom stereocenters. The van der Waals surface area contributed by atoms with Crippen LogP contribution in [0.3, 0.4) is 0 Å². The second kappa shape index (κ2) is 10.1. The SMILES string of the molecule is O=C(c1ccc(C#C[C]2[CH][CH][CH][CH]2)cc1)C1CC1.[CH]1[CH][CH][CH][CH]1.[Fe+2]. The van der Waals surface area contributed by atoms with E-state index >= 15 is 0 Å². The molecule has 3 fully saturated rings. The molecule has 0 amide bonds. The average molecular weight is 354 g/mol. The van der Waals surface area contributed by atoms with Crippen LogP contribution in [0.1, 0.15) is 28.8 Å². The molecular formula is C22H18FeO+2. The summed E-state index contributed by atoms with van der Waals surface area (Å²) < 4.78 is 0. The van der Waals surface area contributed by atoms with Crippen LogP contribution in [0.2, 0.25) is 0 Å². The van der Waals surface area contributed by atoms with Crippen LogP contribution in [0.4, 0.5) is 0 Å². The molecule has 1 aromatic rings. The first-order valence-corrected chi connectivity index (χ1v) is 7.87. The predicted molar refractivity (Wildman–Crippen MR) is 92.3 cm³/mol. The number of rotatable bonds is 2. The monoisotopic (exact) mass is 354 g/mol. The van der Waals surface area contributed by atoms with Crippen molar-refractivity contribution in [2.24, 2.45) is 5.92 Å². The van der Waals surface area contributed by atoms with Gasteiger partial charge in [0.05, 0.1) is 5.92 Å². The van der Waals surface area contributed by atoms with Crippen LogP contribution in [0.5, 0.6) is 0 Å². The molecule has 1 nitrogen and oxygen atoms in total. The first-order chi connectivity index (χ1) is 11.3. The van der Waals surface area contributed by atoms with E-state index in [0.29, 0.717) is 0 Å². The first kappa shape index (κ1) is 19.3. The van der Waals surface area contributed by atoms with Gasteiger partial charge in [0.25, 0.3) is 0 Å². The van der Waals surface area contributed by atoms with Gasteiger partial charge in [0.1, 0.15) is 0 Å². The van der Waals surface area contributed by atoms with E-state index in [1.54, 1.807) is 0 Å². The summed E-state index contributed by atoms with van der Waals surface area (Å²) in [6.45, 7) is 0. The molecule has 0 unspecified atom stereocenters. The Morgan fingerprint density at radius 1 is 0.792 bits per heavy atom. The summed E-state index contributed by atoms with van der Waals surface area (Å²) in [5, 5.41) is 0. The van der Waals surface area contributed by atoms with Crippen molar-refractivity contribution in [3.8, 4) is 11.8 Å². The van der Waals surface area contributed by atoms with E-state index in [1.807, 2.05) is 82.1 Å². The van der Waals surface area contributed by atoms with Crippen LogP contribution in [0.25, 0.3) is 0 Å². The average Bonchev–Trinajstić information content (AvgIpc) is 3.07. The van der Waals surface area contributed by atoms with Crippen molar-refractivity contribution in [1.82, 2.24) is 0 Å². The Hall–Kier alpha value is -1.03. The molecule has 0 spiro atoms. The van der Waals surface area contributed by atoms with Crippen molar-refractivity contribution in [3.63, 3.8) is 0 Å². The third-order valence-electron chi connectivity index (χ3n) is 3.69. The molecule has 0 bridgehead atoms. The molecular weight excluding hydrogens is 336 g/mol. The van der Waals surface area contributed by atoms with Crippen LogP contribution < -0.4 is 0 Å². The Bertz CT molecular complexity index is 557. The van der Waals surface area contributed by atoms with E-state index in [0.717, 1.165) is 29.9 Å². The van der Waals surface area contributed by atoms with E-state index in [2.05, 4.69) is 11.8 Å². The van der Waals surface area contributed by atoms with Gasteiger partial charge < -0.3 is 0 Å². The van der Waals surface area contributed by atoms with Crippen LogP contribution >= 0.6 is 0 Å². The summed E-state index contributed by atoms with van der Waals surface area (Å²) in [6, 6.07) is 7.61. The van der Waals surface area contributed by atoms with Crippen molar-refractivity contribution in [2.45, 2.75) is 12.8 Å². The fourth-order valence-corrected chi connectivity index (χ4v) is 2.22. The van der Waals surface area contributed by atoms with Crippen molar-refractivity contribution in [1.29, 1.82) is 0 Å². The molecule has 3 aliphatic carbocycles. The van der Waals surface area contributed by atoms with E-state index in [9.17, 15) is 4.79 Å². The summed E-state index contributed by atoms with van der Waals surface area (Å²) >= 11 is 0. The summed E-state index contributed by atoms with van der Waals surface area (Å²) in [7, 11) is 0. The van der Waals surface area contributed by atoms with Gasteiger partial charge in [-0.1, -0.05) is 24.0 Å². The van der Waals surface area contributed by atoms with E-state index in [1.165, 1.54) is 0 Å². The zero-order chi connectivity index (χ0) is 15.9. The maximum Gasteiger partial charge on any atom is 2.00 e. The second-order valence-corrected chi connectivity index (χ2v) is 5.60. The standard InChI is InChI=1S/C17H13O.C5H5.Fe/c18-17(16-11-12-16)15-9-7-14(8-10-15)6-5-13-3-1-2-4-13;1-2-4-5-3-1;/h1-4,7-10,16H,11-12H2;1-5H;/q;;+2. The molecule has 0 N–H and O–H groups in total. The Morgan fingerprint density at radius 3 is 1.83 bits per heavy atom. The molecule has 0 aromatic heterocycles. The Morgan fingerprint density at radius 2 is 1.33 bits per heavy atom. The summed E-state index contributed by atoms with van der Waals surface area (Å²) in [5.41, 5.74) is 1.76. The molecule has 1 aromatic carbocycles. The molecule has 24 heavy (non-hydrogen) atoms. The molecule has 4 rings (SSSR count). The summed E-state index contributed by atoms with van der Waals surface area (Å²) in [6.07, 6.45) is 20.0. The quantitative estimate of drug-likeness (QED) is 0.445. The van der Waals surface area contributed by atoms with E-state index < -0.39 is 0 Å². The molecule has 0 saturated heterocycles.